The normalized spacial score (nSPS) is 10.2. The molecule has 0 aliphatic carbocycles. The summed E-state index contributed by atoms with van der Waals surface area (Å²) in [7, 11) is 1.34. The fraction of sp³-hybridized carbons (Fsp3) is 0.0909. The number of methoxy groups -OCH3 is 1. The first-order valence-corrected chi connectivity index (χ1v) is 5.53. The highest BCUT2D eigenvalue weighted by Crippen LogP contribution is 2.14. The molecule has 0 heterocycles. The molecule has 0 bridgehead atoms. The van der Waals surface area contributed by atoms with Crippen LogP contribution in [0.4, 0.5) is 0 Å². The minimum Gasteiger partial charge on any atom is -0.466 e. The molecule has 0 saturated heterocycles. The van der Waals surface area contributed by atoms with Crippen LogP contribution in [-0.2, 0) is 9.53 Å². The van der Waals surface area contributed by atoms with Gasteiger partial charge in [0.25, 0.3) is 0 Å². The van der Waals surface area contributed by atoms with Crippen LogP contribution in [0.5, 0.6) is 0 Å². The molecule has 0 unspecified atom stereocenters. The molecule has 4 heteroatoms. The molecule has 0 atom stereocenters. The van der Waals surface area contributed by atoms with Gasteiger partial charge in [0.1, 0.15) is 0 Å². The Morgan fingerprint density at radius 2 is 2.07 bits per heavy atom. The second-order valence-corrected chi connectivity index (χ2v) is 4.18. The van der Waals surface area contributed by atoms with Crippen LogP contribution >= 0.6 is 24.0 Å². The quantitative estimate of drug-likeness (QED) is 0.459. The summed E-state index contributed by atoms with van der Waals surface area (Å²) in [5, 5.41) is 1.63. The molecule has 1 rings (SSSR count). The average molecular weight is 238 g/mol. The van der Waals surface area contributed by atoms with E-state index in [1.807, 2.05) is 30.3 Å². The van der Waals surface area contributed by atoms with E-state index in [-0.39, 0.29) is 5.97 Å². The third-order valence-corrected chi connectivity index (χ3v) is 2.84. The smallest absolute Gasteiger partial charge is 0.330 e. The summed E-state index contributed by atoms with van der Waals surface area (Å²) < 4.78 is 5.19. The maximum absolute atomic E-state index is 10.8. The number of thioether (sulfide) groups is 1. The van der Waals surface area contributed by atoms with E-state index in [0.29, 0.717) is 0 Å². The number of ether oxygens (including phenoxy) is 1. The van der Waals surface area contributed by atoms with E-state index in [0.717, 1.165) is 9.76 Å². The SMILES string of the molecule is COC(=O)/C=C/SC(=S)c1ccccc1. The number of carbonyl (C=O) groups excluding carboxylic acids is 1. The van der Waals surface area contributed by atoms with Crippen LogP contribution < -0.4 is 0 Å². The lowest BCUT2D eigenvalue weighted by atomic mass is 10.2. The van der Waals surface area contributed by atoms with Crippen molar-refractivity contribution in [1.29, 1.82) is 0 Å². The van der Waals surface area contributed by atoms with Gasteiger partial charge in [-0.15, -0.1) is 0 Å². The molecule has 0 radical (unpaired) electrons. The first-order valence-electron chi connectivity index (χ1n) is 4.24. The van der Waals surface area contributed by atoms with Crippen molar-refractivity contribution in [3.63, 3.8) is 0 Å². The predicted molar refractivity (Wildman–Crippen MR) is 66.9 cm³/mol. The first kappa shape index (κ1) is 11.9. The summed E-state index contributed by atoms with van der Waals surface area (Å²) >= 11 is 6.49. The van der Waals surface area contributed by atoms with Gasteiger partial charge in [0.2, 0.25) is 0 Å². The topological polar surface area (TPSA) is 26.3 Å². The van der Waals surface area contributed by atoms with Crippen molar-refractivity contribution in [3.8, 4) is 0 Å². The van der Waals surface area contributed by atoms with Gasteiger partial charge in [-0.25, -0.2) is 4.79 Å². The van der Waals surface area contributed by atoms with Crippen molar-refractivity contribution < 1.29 is 9.53 Å². The average Bonchev–Trinajstić information content (AvgIpc) is 2.29. The summed E-state index contributed by atoms with van der Waals surface area (Å²) in [5.74, 6) is -0.377. The van der Waals surface area contributed by atoms with E-state index in [2.05, 4.69) is 4.74 Å². The van der Waals surface area contributed by atoms with Crippen molar-refractivity contribution in [2.45, 2.75) is 0 Å². The van der Waals surface area contributed by atoms with Gasteiger partial charge >= 0.3 is 5.97 Å². The van der Waals surface area contributed by atoms with Crippen LogP contribution in [0.15, 0.2) is 41.8 Å². The minimum absolute atomic E-state index is 0.377. The summed E-state index contributed by atoms with van der Waals surface area (Å²) in [6.07, 6.45) is 1.35. The molecular weight excluding hydrogens is 228 g/mol. The molecule has 0 spiro atoms. The molecule has 1 aromatic carbocycles. The molecule has 15 heavy (non-hydrogen) atoms. The van der Waals surface area contributed by atoms with Crippen LogP contribution in [-0.4, -0.2) is 17.3 Å². The highest BCUT2D eigenvalue weighted by atomic mass is 32.2. The zero-order valence-corrected chi connectivity index (χ0v) is 9.81. The Kier molecular flexibility index (Phi) is 5.07. The predicted octanol–water partition coefficient (Wildman–Crippen LogP) is 2.78. The highest BCUT2D eigenvalue weighted by molar-refractivity contribution is 8.25. The number of thiocarbonyl (C=S) groups is 1. The molecule has 0 saturated carbocycles. The molecule has 0 aromatic heterocycles. The third-order valence-electron chi connectivity index (χ3n) is 1.59. The van der Waals surface area contributed by atoms with Gasteiger partial charge in [-0.1, -0.05) is 54.3 Å². The van der Waals surface area contributed by atoms with Crippen LogP contribution in [0.3, 0.4) is 0 Å². The molecule has 1 aromatic rings. The fourth-order valence-electron chi connectivity index (χ4n) is 0.862. The van der Waals surface area contributed by atoms with Gasteiger partial charge in [-0.05, 0) is 11.0 Å². The summed E-state index contributed by atoms with van der Waals surface area (Å²) in [5.41, 5.74) is 0.979. The Morgan fingerprint density at radius 1 is 1.40 bits per heavy atom. The lowest BCUT2D eigenvalue weighted by Crippen LogP contribution is -1.93. The maximum Gasteiger partial charge on any atom is 0.330 e. The Morgan fingerprint density at radius 3 is 2.67 bits per heavy atom. The Balaban J connectivity index is 2.51. The molecule has 78 valence electrons. The van der Waals surface area contributed by atoms with E-state index >= 15 is 0 Å². The van der Waals surface area contributed by atoms with Crippen LogP contribution in [0.2, 0.25) is 0 Å². The number of hydrogen-bond donors (Lipinski definition) is 0. The lowest BCUT2D eigenvalue weighted by molar-refractivity contribution is -0.134. The molecule has 0 fully saturated rings. The monoisotopic (exact) mass is 238 g/mol. The van der Waals surface area contributed by atoms with E-state index in [4.69, 9.17) is 12.2 Å². The van der Waals surface area contributed by atoms with E-state index in [1.165, 1.54) is 24.9 Å². The molecule has 0 aliphatic heterocycles. The van der Waals surface area contributed by atoms with Crippen molar-refractivity contribution >= 4 is 34.1 Å². The minimum atomic E-state index is -0.377. The first-order chi connectivity index (χ1) is 7.24. The van der Waals surface area contributed by atoms with Crippen molar-refractivity contribution in [2.75, 3.05) is 7.11 Å². The van der Waals surface area contributed by atoms with Gasteiger partial charge in [0, 0.05) is 6.08 Å². The van der Waals surface area contributed by atoms with Gasteiger partial charge in [0.05, 0.1) is 11.3 Å². The molecule has 0 N–H and O–H groups in total. The van der Waals surface area contributed by atoms with E-state index < -0.39 is 0 Å². The Bertz CT molecular complexity index is 371. The van der Waals surface area contributed by atoms with Gasteiger partial charge in [-0.3, -0.25) is 0 Å². The number of carbonyl (C=O) groups is 1. The Hall–Kier alpha value is -1.13. The molecule has 0 amide bonds. The second-order valence-electron chi connectivity index (χ2n) is 2.60. The number of benzene rings is 1. The molecular formula is C11H10O2S2. The van der Waals surface area contributed by atoms with Crippen molar-refractivity contribution in [1.82, 2.24) is 0 Å². The maximum atomic E-state index is 10.8. The highest BCUT2D eigenvalue weighted by Gasteiger charge is 1.98. The van der Waals surface area contributed by atoms with Crippen LogP contribution in [0, 0.1) is 0 Å². The van der Waals surface area contributed by atoms with Gasteiger partial charge in [-0.2, -0.15) is 0 Å². The van der Waals surface area contributed by atoms with E-state index in [9.17, 15) is 4.79 Å². The standard InChI is InChI=1S/C11H10O2S2/c1-13-10(12)7-8-15-11(14)9-5-3-2-4-6-9/h2-8H,1H3/b8-7+. The van der Waals surface area contributed by atoms with Crippen molar-refractivity contribution in [3.05, 3.63) is 47.4 Å². The summed E-state index contributed by atoms with van der Waals surface area (Å²) in [4.78, 5) is 10.8. The largest absolute Gasteiger partial charge is 0.466 e. The Labute approximate surface area is 98.3 Å². The zero-order valence-electron chi connectivity index (χ0n) is 8.17. The number of esters is 1. The van der Waals surface area contributed by atoms with Gasteiger partial charge < -0.3 is 4.74 Å². The summed E-state index contributed by atoms with van der Waals surface area (Å²) in [6, 6.07) is 9.64. The third kappa shape index (κ3) is 4.27. The zero-order chi connectivity index (χ0) is 11.1. The fourth-order valence-corrected chi connectivity index (χ4v) is 1.74. The van der Waals surface area contributed by atoms with Gasteiger partial charge in [0.15, 0.2) is 0 Å². The second kappa shape index (κ2) is 6.37. The number of hydrogen-bond acceptors (Lipinski definition) is 4. The van der Waals surface area contributed by atoms with E-state index in [1.54, 1.807) is 5.41 Å². The van der Waals surface area contributed by atoms with Crippen LogP contribution in [0.1, 0.15) is 5.56 Å². The van der Waals surface area contributed by atoms with Crippen LogP contribution in [0.25, 0.3) is 0 Å². The number of rotatable bonds is 3. The lowest BCUT2D eigenvalue weighted by Gasteiger charge is -1.98. The van der Waals surface area contributed by atoms with Crippen molar-refractivity contribution in [2.24, 2.45) is 0 Å². The molecule has 2 nitrogen and oxygen atoms in total. The molecule has 0 aliphatic rings. The summed E-state index contributed by atoms with van der Waals surface area (Å²) in [6.45, 7) is 0.